The third-order valence-corrected chi connectivity index (χ3v) is 3.00. The zero-order valence-electron chi connectivity index (χ0n) is 11.2. The van der Waals surface area contributed by atoms with Gasteiger partial charge >= 0.3 is 11.9 Å². The minimum atomic E-state index is -4.56. The number of carbonyl (C=O) groups is 1. The van der Waals surface area contributed by atoms with Crippen LogP contribution in [0.2, 0.25) is 0 Å². The predicted molar refractivity (Wildman–Crippen MR) is 71.3 cm³/mol. The zero-order chi connectivity index (χ0) is 17.4. The number of alkyl halides is 3. The number of halogens is 3. The molecule has 0 atom stereocenters. The van der Waals surface area contributed by atoms with Crippen LogP contribution in [0.1, 0.15) is 21.5 Å². The highest BCUT2D eigenvalue weighted by Crippen LogP contribution is 2.36. The molecule has 0 amide bonds. The Morgan fingerprint density at radius 2 is 1.61 bits per heavy atom. The third-order valence-electron chi connectivity index (χ3n) is 3.00. The molecule has 6 nitrogen and oxygen atoms in total. The van der Waals surface area contributed by atoms with Gasteiger partial charge in [-0.2, -0.15) is 13.2 Å². The Balaban J connectivity index is 2.43. The van der Waals surface area contributed by atoms with E-state index in [9.17, 15) is 38.3 Å². The lowest BCUT2D eigenvalue weighted by Crippen LogP contribution is -2.07. The maximum absolute atomic E-state index is 12.5. The van der Waals surface area contributed by atoms with E-state index in [0.717, 1.165) is 24.3 Å². The first-order chi connectivity index (χ1) is 10.6. The van der Waals surface area contributed by atoms with Crippen LogP contribution >= 0.6 is 0 Å². The quantitative estimate of drug-likeness (QED) is 0.390. The van der Waals surface area contributed by atoms with Crippen molar-refractivity contribution in [1.29, 1.82) is 0 Å². The third kappa shape index (κ3) is 3.23. The molecule has 0 aromatic heterocycles. The van der Waals surface area contributed by atoms with Gasteiger partial charge in [-0.25, -0.2) is 0 Å². The van der Waals surface area contributed by atoms with Crippen molar-refractivity contribution < 1.29 is 33.1 Å². The topological polar surface area (TPSA) is 101 Å². The van der Waals surface area contributed by atoms with E-state index in [2.05, 4.69) is 0 Å². The molecule has 0 radical (unpaired) electrons. The summed E-state index contributed by atoms with van der Waals surface area (Å²) < 4.78 is 37.4. The normalized spacial score (nSPS) is 11.3. The summed E-state index contributed by atoms with van der Waals surface area (Å²) in [5, 5.41) is 29.5. The smallest absolute Gasteiger partial charge is 0.416 e. The van der Waals surface area contributed by atoms with Gasteiger partial charge in [-0.1, -0.05) is 12.1 Å². The fraction of sp³-hybridized carbons (Fsp3) is 0.0714. The van der Waals surface area contributed by atoms with Crippen LogP contribution in [-0.4, -0.2) is 20.9 Å². The maximum Gasteiger partial charge on any atom is 0.416 e. The van der Waals surface area contributed by atoms with E-state index in [1.807, 2.05) is 0 Å². The molecule has 0 saturated heterocycles. The zero-order valence-corrected chi connectivity index (χ0v) is 11.2. The highest BCUT2D eigenvalue weighted by atomic mass is 19.4. The number of nitro benzene ring substituents is 1. The van der Waals surface area contributed by atoms with Gasteiger partial charge in [0, 0.05) is 17.2 Å². The summed E-state index contributed by atoms with van der Waals surface area (Å²) in [6.45, 7) is 0. The SMILES string of the molecule is O=C(c1ccc(C(F)(F)F)cc1)c1cc(O)c(O)c([N+](=O)[O-])c1. The first-order valence-electron chi connectivity index (χ1n) is 6.03. The minimum Gasteiger partial charge on any atom is -0.504 e. The average molecular weight is 327 g/mol. The van der Waals surface area contributed by atoms with Crippen molar-refractivity contribution in [1.82, 2.24) is 0 Å². The van der Waals surface area contributed by atoms with E-state index in [1.54, 1.807) is 0 Å². The van der Waals surface area contributed by atoms with Crippen LogP contribution in [0.15, 0.2) is 36.4 Å². The van der Waals surface area contributed by atoms with E-state index >= 15 is 0 Å². The predicted octanol–water partition coefficient (Wildman–Crippen LogP) is 3.26. The van der Waals surface area contributed by atoms with Crippen LogP contribution in [0.3, 0.4) is 0 Å². The molecule has 9 heteroatoms. The second-order valence-electron chi connectivity index (χ2n) is 4.52. The van der Waals surface area contributed by atoms with Crippen LogP contribution < -0.4 is 0 Å². The van der Waals surface area contributed by atoms with Gasteiger partial charge in [0.25, 0.3) is 0 Å². The summed E-state index contributed by atoms with van der Waals surface area (Å²) in [5.41, 5.74) is -2.34. The highest BCUT2D eigenvalue weighted by Gasteiger charge is 2.30. The summed E-state index contributed by atoms with van der Waals surface area (Å²) >= 11 is 0. The van der Waals surface area contributed by atoms with Crippen molar-refractivity contribution in [3.05, 3.63) is 63.2 Å². The minimum absolute atomic E-state index is 0.155. The molecule has 23 heavy (non-hydrogen) atoms. The second kappa shape index (κ2) is 5.59. The first kappa shape index (κ1) is 16.3. The van der Waals surface area contributed by atoms with Crippen molar-refractivity contribution in [3.63, 3.8) is 0 Å². The molecule has 0 aliphatic carbocycles. The molecular formula is C14H8F3NO5. The molecular weight excluding hydrogens is 319 g/mol. The summed E-state index contributed by atoms with van der Waals surface area (Å²) in [7, 11) is 0. The first-order valence-corrected chi connectivity index (χ1v) is 6.03. The van der Waals surface area contributed by atoms with Crippen LogP contribution in [-0.2, 0) is 6.18 Å². The average Bonchev–Trinajstić information content (AvgIpc) is 2.48. The van der Waals surface area contributed by atoms with E-state index in [1.165, 1.54) is 0 Å². The number of nitro groups is 1. The molecule has 0 heterocycles. The number of aromatic hydroxyl groups is 2. The summed E-state index contributed by atoms with van der Waals surface area (Å²) in [6.07, 6.45) is -4.56. The fourth-order valence-corrected chi connectivity index (χ4v) is 1.85. The molecule has 0 bridgehead atoms. The van der Waals surface area contributed by atoms with E-state index in [4.69, 9.17) is 0 Å². The van der Waals surface area contributed by atoms with Gasteiger partial charge in [-0.05, 0) is 18.2 Å². The van der Waals surface area contributed by atoms with Crippen molar-refractivity contribution in [2.45, 2.75) is 6.18 Å². The van der Waals surface area contributed by atoms with Gasteiger partial charge in [0.15, 0.2) is 11.5 Å². The Bertz CT molecular complexity index is 784. The molecule has 2 rings (SSSR count). The van der Waals surface area contributed by atoms with Gasteiger partial charge in [0.05, 0.1) is 10.5 Å². The number of rotatable bonds is 3. The number of nitrogens with zero attached hydrogens (tertiary/aromatic N) is 1. The van der Waals surface area contributed by atoms with E-state index in [-0.39, 0.29) is 11.1 Å². The lowest BCUT2D eigenvalue weighted by atomic mass is 10.0. The number of carbonyl (C=O) groups excluding carboxylic acids is 1. The van der Waals surface area contributed by atoms with E-state index in [0.29, 0.717) is 12.1 Å². The Morgan fingerprint density at radius 3 is 2.09 bits per heavy atom. The van der Waals surface area contributed by atoms with Crippen molar-refractivity contribution in [2.75, 3.05) is 0 Å². The molecule has 2 aromatic rings. The molecule has 0 saturated carbocycles. The monoisotopic (exact) mass is 327 g/mol. The number of hydrogen-bond acceptors (Lipinski definition) is 5. The highest BCUT2D eigenvalue weighted by molar-refractivity contribution is 6.09. The maximum atomic E-state index is 12.5. The second-order valence-corrected chi connectivity index (χ2v) is 4.52. The Hall–Kier alpha value is -3.10. The van der Waals surface area contributed by atoms with Crippen molar-refractivity contribution >= 4 is 11.5 Å². The molecule has 0 unspecified atom stereocenters. The van der Waals surface area contributed by atoms with Gasteiger partial charge in [-0.15, -0.1) is 0 Å². The van der Waals surface area contributed by atoms with Gasteiger partial charge in [0.1, 0.15) is 0 Å². The van der Waals surface area contributed by atoms with Gasteiger partial charge in [0.2, 0.25) is 5.75 Å². The van der Waals surface area contributed by atoms with Gasteiger partial charge in [-0.3, -0.25) is 14.9 Å². The number of benzene rings is 2. The number of phenols is 2. The summed E-state index contributed by atoms with van der Waals surface area (Å²) in [4.78, 5) is 21.9. The van der Waals surface area contributed by atoms with Crippen LogP contribution in [0, 0.1) is 10.1 Å². The molecule has 2 aromatic carbocycles. The number of ketones is 1. The molecule has 0 aliphatic heterocycles. The molecule has 0 fully saturated rings. The Labute approximate surface area is 126 Å². The number of hydrogen-bond donors (Lipinski definition) is 2. The van der Waals surface area contributed by atoms with Gasteiger partial charge < -0.3 is 10.2 Å². The number of phenolic OH excluding ortho intramolecular Hbond substituents is 2. The Kier molecular flexibility index (Phi) is 3.96. The fourth-order valence-electron chi connectivity index (χ4n) is 1.85. The molecule has 0 spiro atoms. The summed E-state index contributed by atoms with van der Waals surface area (Å²) in [5.74, 6) is -2.72. The van der Waals surface area contributed by atoms with Crippen LogP contribution in [0.5, 0.6) is 11.5 Å². The van der Waals surface area contributed by atoms with E-state index < -0.39 is 39.6 Å². The molecule has 0 aliphatic rings. The van der Waals surface area contributed by atoms with Crippen molar-refractivity contribution in [2.24, 2.45) is 0 Å². The lowest BCUT2D eigenvalue weighted by Gasteiger charge is -2.08. The Morgan fingerprint density at radius 1 is 1.04 bits per heavy atom. The van der Waals surface area contributed by atoms with Crippen LogP contribution in [0.4, 0.5) is 18.9 Å². The standard InChI is InChI=1S/C14H8F3NO5/c15-14(16,17)9-3-1-7(2-4-9)12(20)8-5-10(18(22)23)13(21)11(19)6-8/h1-6,19,21H. The van der Waals surface area contributed by atoms with Crippen molar-refractivity contribution in [3.8, 4) is 11.5 Å². The lowest BCUT2D eigenvalue weighted by molar-refractivity contribution is -0.386. The summed E-state index contributed by atoms with van der Waals surface area (Å²) in [6, 6.07) is 4.75. The van der Waals surface area contributed by atoms with Crippen LogP contribution in [0.25, 0.3) is 0 Å². The molecule has 2 N–H and O–H groups in total. The largest absolute Gasteiger partial charge is 0.504 e. The molecule has 120 valence electrons.